The van der Waals surface area contributed by atoms with Crippen molar-refractivity contribution in [1.29, 1.82) is 0 Å². The first-order valence-electron chi connectivity index (χ1n) is 8.37. The van der Waals surface area contributed by atoms with Crippen LogP contribution in [0.15, 0.2) is 40.7 Å². The molecule has 7 nitrogen and oxygen atoms in total. The minimum atomic E-state index is -3.23. The number of thiocarbonyl (C=S) groups is 1. The van der Waals surface area contributed by atoms with Crippen molar-refractivity contribution in [3.63, 3.8) is 0 Å². The molecule has 0 unspecified atom stereocenters. The zero-order valence-electron chi connectivity index (χ0n) is 15.0. The van der Waals surface area contributed by atoms with Crippen LogP contribution in [0.1, 0.15) is 12.0 Å². The number of hydrogen-bond donors (Lipinski definition) is 1. The Balaban J connectivity index is 1.57. The lowest BCUT2D eigenvalue weighted by atomic mass is 10.2. The van der Waals surface area contributed by atoms with Crippen molar-refractivity contribution in [3.8, 4) is 5.75 Å². The second kappa shape index (κ2) is 8.46. The number of thioether (sulfide) groups is 1. The Kier molecular flexibility index (Phi) is 6.21. The molecule has 1 saturated heterocycles. The third kappa shape index (κ3) is 5.00. The van der Waals surface area contributed by atoms with E-state index in [1.54, 1.807) is 25.3 Å². The van der Waals surface area contributed by atoms with Crippen LogP contribution in [0.5, 0.6) is 5.75 Å². The van der Waals surface area contributed by atoms with E-state index in [9.17, 15) is 18.0 Å². The van der Waals surface area contributed by atoms with Crippen molar-refractivity contribution in [2.45, 2.75) is 12.5 Å². The van der Waals surface area contributed by atoms with Gasteiger partial charge in [-0.1, -0.05) is 36.1 Å². The average Bonchev–Trinajstić information content (AvgIpc) is 3.12. The molecule has 1 aromatic rings. The van der Waals surface area contributed by atoms with E-state index in [2.05, 4.69) is 5.32 Å². The Morgan fingerprint density at radius 1 is 1.39 bits per heavy atom. The Labute approximate surface area is 172 Å². The Hall–Kier alpha value is -2.17. The highest BCUT2D eigenvalue weighted by atomic mass is 32.2. The molecule has 0 aromatic heterocycles. The van der Waals surface area contributed by atoms with Gasteiger partial charge in [0.2, 0.25) is 5.91 Å². The van der Waals surface area contributed by atoms with Gasteiger partial charge < -0.3 is 10.1 Å². The number of nitrogens with one attached hydrogen (secondary N) is 1. The molecule has 0 spiro atoms. The fourth-order valence-electron chi connectivity index (χ4n) is 2.70. The summed E-state index contributed by atoms with van der Waals surface area (Å²) in [6.07, 6.45) is 3.23. The van der Waals surface area contributed by atoms with Gasteiger partial charge in [-0.25, -0.2) is 8.42 Å². The summed E-state index contributed by atoms with van der Waals surface area (Å²) in [4.78, 5) is 26.5. The summed E-state index contributed by atoms with van der Waals surface area (Å²) in [6, 6.07) is 6.74. The number of amides is 2. The van der Waals surface area contributed by atoms with E-state index in [4.69, 9.17) is 17.0 Å². The van der Waals surface area contributed by atoms with Gasteiger partial charge in [0.25, 0.3) is 5.91 Å². The van der Waals surface area contributed by atoms with Gasteiger partial charge >= 0.3 is 0 Å². The first-order chi connectivity index (χ1) is 13.3. The molecule has 0 aliphatic carbocycles. The second-order valence-electron chi connectivity index (χ2n) is 6.19. The van der Waals surface area contributed by atoms with Gasteiger partial charge in [0.1, 0.15) is 10.1 Å². The molecule has 2 aliphatic heterocycles. The molecule has 1 atom stereocenters. The van der Waals surface area contributed by atoms with Gasteiger partial charge in [-0.2, -0.15) is 0 Å². The Bertz CT molecular complexity index is 967. The molecular formula is C18H18N2O5S3. The minimum Gasteiger partial charge on any atom is -0.497 e. The number of sulfone groups is 1. The smallest absolute Gasteiger partial charge is 0.266 e. The number of carbonyl (C=O) groups is 2. The maximum absolute atomic E-state index is 12.6. The van der Waals surface area contributed by atoms with E-state index in [1.807, 2.05) is 12.1 Å². The topological polar surface area (TPSA) is 92.8 Å². The summed E-state index contributed by atoms with van der Waals surface area (Å²) in [5, 5.41) is 3.73. The van der Waals surface area contributed by atoms with Crippen molar-refractivity contribution in [1.82, 2.24) is 10.2 Å². The Morgan fingerprint density at radius 2 is 2.11 bits per heavy atom. The molecule has 1 aromatic carbocycles. The van der Waals surface area contributed by atoms with E-state index < -0.39 is 15.9 Å². The zero-order chi connectivity index (χ0) is 20.3. The lowest BCUT2D eigenvalue weighted by Crippen LogP contribution is -2.38. The fourth-order valence-corrected chi connectivity index (χ4v) is 5.25. The van der Waals surface area contributed by atoms with Gasteiger partial charge in [0.05, 0.1) is 23.8 Å². The van der Waals surface area contributed by atoms with Crippen molar-refractivity contribution < 1.29 is 22.7 Å². The molecule has 0 bridgehead atoms. The molecule has 1 N–H and O–H groups in total. The second-order valence-corrected chi connectivity index (χ2v) is 9.80. The van der Waals surface area contributed by atoms with E-state index in [0.717, 1.165) is 16.7 Å². The highest BCUT2D eigenvalue weighted by Crippen LogP contribution is 2.32. The highest BCUT2D eigenvalue weighted by molar-refractivity contribution is 8.26. The minimum absolute atomic E-state index is 0.0344. The number of benzene rings is 1. The largest absolute Gasteiger partial charge is 0.497 e. The van der Waals surface area contributed by atoms with Crippen molar-refractivity contribution in [3.05, 3.63) is 46.2 Å². The lowest BCUT2D eigenvalue weighted by Gasteiger charge is -2.15. The van der Waals surface area contributed by atoms with Crippen LogP contribution < -0.4 is 10.1 Å². The summed E-state index contributed by atoms with van der Waals surface area (Å²) >= 11 is 6.45. The van der Waals surface area contributed by atoms with Crippen LogP contribution in [0.2, 0.25) is 0 Å². The van der Waals surface area contributed by atoms with Crippen LogP contribution in [-0.2, 0) is 19.4 Å². The van der Waals surface area contributed by atoms with Gasteiger partial charge in [0.15, 0.2) is 9.84 Å². The lowest BCUT2D eigenvalue weighted by molar-refractivity contribution is -0.124. The van der Waals surface area contributed by atoms with Gasteiger partial charge in [0, 0.05) is 18.4 Å². The SMILES string of the molecule is COc1ccc(/C=C2\SC(=S)N(CCC(=O)N[C@@H]3C=CS(=O)(=O)C3)C2=O)cc1. The summed E-state index contributed by atoms with van der Waals surface area (Å²) in [5.41, 5.74) is 0.841. The Morgan fingerprint density at radius 3 is 2.71 bits per heavy atom. The molecule has 1 fully saturated rings. The van der Waals surface area contributed by atoms with E-state index in [1.165, 1.54) is 22.7 Å². The molecule has 2 heterocycles. The van der Waals surface area contributed by atoms with Crippen molar-refractivity contribution >= 4 is 56.0 Å². The summed E-state index contributed by atoms with van der Waals surface area (Å²) in [6.45, 7) is 0.139. The summed E-state index contributed by atoms with van der Waals surface area (Å²) in [7, 11) is -1.65. The molecule has 2 amide bonds. The van der Waals surface area contributed by atoms with Crippen LogP contribution in [0.25, 0.3) is 6.08 Å². The molecule has 2 aliphatic rings. The number of nitrogens with zero attached hydrogens (tertiary/aromatic N) is 1. The van der Waals surface area contributed by atoms with E-state index in [0.29, 0.717) is 9.23 Å². The quantitative estimate of drug-likeness (QED) is 0.534. The predicted octanol–water partition coefficient (Wildman–Crippen LogP) is 1.71. The number of methoxy groups -OCH3 is 1. The van der Waals surface area contributed by atoms with Crippen LogP contribution in [0.4, 0.5) is 0 Å². The monoisotopic (exact) mass is 438 g/mol. The summed E-state index contributed by atoms with van der Waals surface area (Å²) in [5.74, 6) is 0.00669. The maximum Gasteiger partial charge on any atom is 0.266 e. The third-order valence-corrected chi connectivity index (χ3v) is 6.90. The van der Waals surface area contributed by atoms with Crippen LogP contribution in [0, 0.1) is 0 Å². The number of carbonyl (C=O) groups excluding carboxylic acids is 2. The molecule has 148 valence electrons. The maximum atomic E-state index is 12.6. The standard InChI is InChI=1S/C18H18N2O5S3/c1-25-14-4-2-12(3-5-14)10-15-17(22)20(18(26)27-15)8-6-16(21)19-13-7-9-28(23,24)11-13/h2-5,7,9-10,13H,6,8,11H2,1H3,(H,19,21)/b15-10-/t13-/m1/s1. The number of rotatable bonds is 6. The first kappa shape index (κ1) is 20.6. The van der Waals surface area contributed by atoms with Crippen LogP contribution >= 0.6 is 24.0 Å². The molecule has 28 heavy (non-hydrogen) atoms. The first-order valence-corrected chi connectivity index (χ1v) is 11.3. The molecule has 10 heteroatoms. The average molecular weight is 439 g/mol. The zero-order valence-corrected chi connectivity index (χ0v) is 17.4. The van der Waals surface area contributed by atoms with Crippen LogP contribution in [-0.4, -0.2) is 54.9 Å². The molecular weight excluding hydrogens is 420 g/mol. The van der Waals surface area contributed by atoms with Gasteiger partial charge in [-0.05, 0) is 29.8 Å². The number of ether oxygens (including phenoxy) is 1. The fraction of sp³-hybridized carbons (Fsp3) is 0.278. The third-order valence-electron chi connectivity index (χ3n) is 4.13. The van der Waals surface area contributed by atoms with Crippen LogP contribution in [0.3, 0.4) is 0 Å². The van der Waals surface area contributed by atoms with E-state index in [-0.39, 0.29) is 30.5 Å². The molecule has 0 radical (unpaired) electrons. The van der Waals surface area contributed by atoms with Crippen molar-refractivity contribution in [2.24, 2.45) is 0 Å². The van der Waals surface area contributed by atoms with Gasteiger partial charge in [-0.3, -0.25) is 14.5 Å². The van der Waals surface area contributed by atoms with Crippen molar-refractivity contribution in [2.75, 3.05) is 19.4 Å². The summed E-state index contributed by atoms with van der Waals surface area (Å²) < 4.78 is 28.2. The van der Waals surface area contributed by atoms with E-state index >= 15 is 0 Å². The number of hydrogen-bond acceptors (Lipinski definition) is 7. The molecule has 0 saturated carbocycles. The van der Waals surface area contributed by atoms with Gasteiger partial charge in [-0.15, -0.1) is 0 Å². The highest BCUT2D eigenvalue weighted by Gasteiger charge is 2.32. The normalized spacial score (nSPS) is 22.1. The predicted molar refractivity (Wildman–Crippen MR) is 112 cm³/mol. The molecule has 3 rings (SSSR count).